The molecule has 0 spiro atoms. The van der Waals surface area contributed by atoms with E-state index in [1.165, 1.54) is 4.68 Å². The standard InChI is InChI=1S/C10H8ClN7/c1-17-6-4-12-8(17)7-14-9(11)16-10(15-7)18-5-2-3-13-18/h2-6H,1H3. The maximum Gasteiger partial charge on any atom is 0.255 e. The van der Waals surface area contributed by atoms with Crippen molar-refractivity contribution in [1.82, 2.24) is 34.3 Å². The van der Waals surface area contributed by atoms with E-state index in [9.17, 15) is 0 Å². The van der Waals surface area contributed by atoms with E-state index < -0.39 is 0 Å². The molecule has 3 rings (SSSR count). The van der Waals surface area contributed by atoms with Gasteiger partial charge in [-0.3, -0.25) is 0 Å². The molecule has 0 N–H and O–H groups in total. The molecule has 0 fully saturated rings. The van der Waals surface area contributed by atoms with Crippen molar-refractivity contribution in [3.63, 3.8) is 0 Å². The number of aromatic nitrogens is 7. The Labute approximate surface area is 107 Å². The SMILES string of the molecule is Cn1ccnc1-c1nc(Cl)nc(-n2cccn2)n1. The summed E-state index contributed by atoms with van der Waals surface area (Å²) in [4.78, 5) is 16.5. The van der Waals surface area contributed by atoms with E-state index >= 15 is 0 Å². The zero-order valence-electron chi connectivity index (χ0n) is 9.40. The number of rotatable bonds is 2. The number of nitrogens with zero attached hydrogens (tertiary/aromatic N) is 7. The third-order valence-electron chi connectivity index (χ3n) is 2.33. The second-order valence-electron chi connectivity index (χ2n) is 3.54. The van der Waals surface area contributed by atoms with Gasteiger partial charge in [-0.2, -0.15) is 20.1 Å². The Kier molecular flexibility index (Phi) is 2.52. The first kappa shape index (κ1) is 10.8. The van der Waals surface area contributed by atoms with Gasteiger partial charge in [0.2, 0.25) is 11.1 Å². The highest BCUT2D eigenvalue weighted by Gasteiger charge is 2.12. The van der Waals surface area contributed by atoms with E-state index in [-0.39, 0.29) is 5.28 Å². The Morgan fingerprint density at radius 3 is 2.67 bits per heavy atom. The molecule has 18 heavy (non-hydrogen) atoms. The van der Waals surface area contributed by atoms with Crippen LogP contribution in [0.5, 0.6) is 0 Å². The molecule has 0 aromatic carbocycles. The summed E-state index contributed by atoms with van der Waals surface area (Å²) in [6.07, 6.45) is 6.84. The topological polar surface area (TPSA) is 74.3 Å². The average molecular weight is 262 g/mol. The van der Waals surface area contributed by atoms with Gasteiger partial charge < -0.3 is 4.57 Å². The molecule has 3 aromatic heterocycles. The highest BCUT2D eigenvalue weighted by Crippen LogP contribution is 2.14. The maximum atomic E-state index is 5.90. The van der Waals surface area contributed by atoms with E-state index in [0.29, 0.717) is 17.6 Å². The Morgan fingerprint density at radius 1 is 1.11 bits per heavy atom. The minimum Gasteiger partial charge on any atom is -0.331 e. The van der Waals surface area contributed by atoms with Crippen LogP contribution in [0.1, 0.15) is 0 Å². The van der Waals surface area contributed by atoms with Crippen molar-refractivity contribution < 1.29 is 0 Å². The van der Waals surface area contributed by atoms with Crippen LogP contribution in [0.3, 0.4) is 0 Å². The van der Waals surface area contributed by atoms with Crippen molar-refractivity contribution in [3.05, 3.63) is 36.1 Å². The van der Waals surface area contributed by atoms with Crippen molar-refractivity contribution in [1.29, 1.82) is 0 Å². The van der Waals surface area contributed by atoms with Gasteiger partial charge in [-0.25, -0.2) is 9.67 Å². The summed E-state index contributed by atoms with van der Waals surface area (Å²) < 4.78 is 3.32. The quantitative estimate of drug-likeness (QED) is 0.691. The van der Waals surface area contributed by atoms with Gasteiger partial charge in [-0.1, -0.05) is 0 Å². The molecule has 8 heteroatoms. The fourth-order valence-corrected chi connectivity index (χ4v) is 1.67. The molecular weight excluding hydrogens is 254 g/mol. The molecular formula is C10H8ClN7. The fraction of sp³-hybridized carbons (Fsp3) is 0.100. The largest absolute Gasteiger partial charge is 0.331 e. The van der Waals surface area contributed by atoms with E-state index in [1.54, 1.807) is 35.4 Å². The van der Waals surface area contributed by atoms with Gasteiger partial charge in [-0.15, -0.1) is 0 Å². The van der Waals surface area contributed by atoms with E-state index in [1.807, 2.05) is 7.05 Å². The molecule has 0 saturated heterocycles. The van der Waals surface area contributed by atoms with Gasteiger partial charge in [0.1, 0.15) is 0 Å². The van der Waals surface area contributed by atoms with Gasteiger partial charge in [0, 0.05) is 31.8 Å². The second kappa shape index (κ2) is 4.19. The Morgan fingerprint density at radius 2 is 2.00 bits per heavy atom. The lowest BCUT2D eigenvalue weighted by Gasteiger charge is -2.03. The van der Waals surface area contributed by atoms with Gasteiger partial charge in [0.05, 0.1) is 0 Å². The number of hydrogen-bond donors (Lipinski definition) is 0. The van der Waals surface area contributed by atoms with Gasteiger partial charge in [0.15, 0.2) is 5.82 Å². The number of hydrogen-bond acceptors (Lipinski definition) is 5. The molecule has 3 aromatic rings. The minimum absolute atomic E-state index is 0.105. The summed E-state index contributed by atoms with van der Waals surface area (Å²) in [7, 11) is 1.85. The van der Waals surface area contributed by atoms with Crippen LogP contribution in [0.2, 0.25) is 5.28 Å². The number of aryl methyl sites for hydroxylation is 1. The van der Waals surface area contributed by atoms with Crippen molar-refractivity contribution >= 4 is 11.6 Å². The zero-order chi connectivity index (χ0) is 12.5. The van der Waals surface area contributed by atoms with Crippen LogP contribution in [0.25, 0.3) is 17.6 Å². The van der Waals surface area contributed by atoms with Crippen LogP contribution in [-0.2, 0) is 7.05 Å². The Balaban J connectivity index is 2.15. The molecule has 0 amide bonds. The number of halogens is 1. The molecule has 7 nitrogen and oxygen atoms in total. The molecule has 0 aliphatic rings. The van der Waals surface area contributed by atoms with Crippen molar-refractivity contribution in [2.75, 3.05) is 0 Å². The highest BCUT2D eigenvalue weighted by molar-refractivity contribution is 6.28. The lowest BCUT2D eigenvalue weighted by atomic mass is 10.5. The first-order chi connectivity index (χ1) is 8.74. The van der Waals surface area contributed by atoms with E-state index in [2.05, 4.69) is 25.0 Å². The van der Waals surface area contributed by atoms with Crippen LogP contribution in [0, 0.1) is 0 Å². The molecule has 0 aliphatic carbocycles. The summed E-state index contributed by atoms with van der Waals surface area (Å²) >= 11 is 5.90. The smallest absolute Gasteiger partial charge is 0.255 e. The number of imidazole rings is 1. The average Bonchev–Trinajstić information content (AvgIpc) is 2.98. The Bertz CT molecular complexity index is 673. The van der Waals surface area contributed by atoms with Crippen molar-refractivity contribution in [2.45, 2.75) is 0 Å². The monoisotopic (exact) mass is 261 g/mol. The van der Waals surface area contributed by atoms with Crippen LogP contribution < -0.4 is 0 Å². The van der Waals surface area contributed by atoms with Crippen LogP contribution in [-0.4, -0.2) is 34.3 Å². The summed E-state index contributed by atoms with van der Waals surface area (Å²) in [6, 6.07) is 1.78. The first-order valence-electron chi connectivity index (χ1n) is 5.13. The third kappa shape index (κ3) is 1.84. The summed E-state index contributed by atoms with van der Waals surface area (Å²) in [5.41, 5.74) is 0. The molecule has 0 saturated carbocycles. The van der Waals surface area contributed by atoms with Gasteiger partial charge in [-0.05, 0) is 17.7 Å². The van der Waals surface area contributed by atoms with Gasteiger partial charge in [0.25, 0.3) is 5.95 Å². The normalized spacial score (nSPS) is 10.8. The zero-order valence-corrected chi connectivity index (χ0v) is 10.2. The Hall–Kier alpha value is -2.28. The molecule has 0 atom stereocenters. The van der Waals surface area contributed by atoms with Crippen LogP contribution >= 0.6 is 11.6 Å². The highest BCUT2D eigenvalue weighted by atomic mass is 35.5. The summed E-state index contributed by atoms with van der Waals surface area (Å²) in [5.74, 6) is 1.39. The molecule has 0 aliphatic heterocycles. The predicted octanol–water partition coefficient (Wildman–Crippen LogP) is 1.11. The molecule has 0 bridgehead atoms. The lowest BCUT2D eigenvalue weighted by molar-refractivity contribution is 0.791. The molecule has 0 radical (unpaired) electrons. The van der Waals surface area contributed by atoms with Crippen molar-refractivity contribution in [2.24, 2.45) is 7.05 Å². The molecule has 3 heterocycles. The summed E-state index contributed by atoms with van der Waals surface area (Å²) in [6.45, 7) is 0. The molecule has 90 valence electrons. The fourth-order valence-electron chi connectivity index (χ4n) is 1.51. The van der Waals surface area contributed by atoms with E-state index in [4.69, 9.17) is 11.6 Å². The van der Waals surface area contributed by atoms with E-state index in [0.717, 1.165) is 0 Å². The third-order valence-corrected chi connectivity index (χ3v) is 2.50. The maximum absolute atomic E-state index is 5.90. The predicted molar refractivity (Wildman–Crippen MR) is 64.2 cm³/mol. The molecule has 0 unspecified atom stereocenters. The van der Waals surface area contributed by atoms with Crippen LogP contribution in [0.15, 0.2) is 30.9 Å². The van der Waals surface area contributed by atoms with Gasteiger partial charge >= 0.3 is 0 Å². The second-order valence-corrected chi connectivity index (χ2v) is 3.88. The first-order valence-corrected chi connectivity index (χ1v) is 5.51. The van der Waals surface area contributed by atoms with Crippen molar-refractivity contribution in [3.8, 4) is 17.6 Å². The lowest BCUT2D eigenvalue weighted by Crippen LogP contribution is -2.06. The minimum atomic E-state index is 0.105. The summed E-state index contributed by atoms with van der Waals surface area (Å²) in [5, 5.41) is 4.16. The van der Waals surface area contributed by atoms with Crippen LogP contribution in [0.4, 0.5) is 0 Å².